The summed E-state index contributed by atoms with van der Waals surface area (Å²) in [6.07, 6.45) is 1.96. The second-order valence-corrected chi connectivity index (χ2v) is 3.63. The molecule has 2 aromatic rings. The number of aromatic nitrogens is 2. The first-order valence-electron chi connectivity index (χ1n) is 4.64. The maximum Gasteiger partial charge on any atom is 0.335 e. The third kappa shape index (κ3) is 1.75. The standard InChI is InChI=1S/C10H9ClN2O3/c11-9-7-5-6(10(15)16)1-3-13(7)8(12-9)2-4-14/h1,3,5,14H,2,4H2,(H,15,16). The number of carbonyl (C=O) groups is 1. The van der Waals surface area contributed by atoms with Crippen molar-refractivity contribution in [3.8, 4) is 0 Å². The van der Waals surface area contributed by atoms with Gasteiger partial charge in [0.05, 0.1) is 17.7 Å². The van der Waals surface area contributed by atoms with Crippen LogP contribution in [0.15, 0.2) is 18.3 Å². The van der Waals surface area contributed by atoms with Gasteiger partial charge in [0.1, 0.15) is 5.82 Å². The van der Waals surface area contributed by atoms with Gasteiger partial charge in [-0.25, -0.2) is 9.78 Å². The van der Waals surface area contributed by atoms with Crippen LogP contribution in [0.2, 0.25) is 5.15 Å². The van der Waals surface area contributed by atoms with Crippen LogP contribution in [0.5, 0.6) is 0 Å². The summed E-state index contributed by atoms with van der Waals surface area (Å²) in [5.41, 5.74) is 0.690. The highest BCUT2D eigenvalue weighted by molar-refractivity contribution is 6.32. The van der Waals surface area contributed by atoms with Crippen molar-refractivity contribution in [1.82, 2.24) is 9.38 Å². The van der Waals surface area contributed by atoms with Gasteiger partial charge in [-0.15, -0.1) is 0 Å². The molecule has 0 saturated carbocycles. The lowest BCUT2D eigenvalue weighted by Crippen LogP contribution is -2.00. The van der Waals surface area contributed by atoms with E-state index in [4.69, 9.17) is 21.8 Å². The first-order chi connectivity index (χ1) is 7.63. The fraction of sp³-hybridized carbons (Fsp3) is 0.200. The van der Waals surface area contributed by atoms with Crippen molar-refractivity contribution in [2.75, 3.05) is 6.61 Å². The van der Waals surface area contributed by atoms with E-state index in [0.717, 1.165) is 0 Å². The lowest BCUT2D eigenvalue weighted by molar-refractivity contribution is 0.0697. The maximum atomic E-state index is 10.8. The minimum Gasteiger partial charge on any atom is -0.478 e. The monoisotopic (exact) mass is 240 g/mol. The molecule has 2 aromatic heterocycles. The number of aliphatic hydroxyl groups is 1. The number of carboxylic acid groups (broad SMARTS) is 1. The average Bonchev–Trinajstić information content (AvgIpc) is 2.56. The Kier molecular flexibility index (Phi) is 2.80. The number of aliphatic hydroxyl groups excluding tert-OH is 1. The number of imidazole rings is 1. The molecule has 0 amide bonds. The molecule has 0 spiro atoms. The van der Waals surface area contributed by atoms with Gasteiger partial charge in [-0.2, -0.15) is 0 Å². The summed E-state index contributed by atoms with van der Waals surface area (Å²) in [4.78, 5) is 14.8. The van der Waals surface area contributed by atoms with Gasteiger partial charge < -0.3 is 14.6 Å². The van der Waals surface area contributed by atoms with Crippen molar-refractivity contribution in [2.45, 2.75) is 6.42 Å². The molecule has 5 nitrogen and oxygen atoms in total. The minimum atomic E-state index is -1.01. The second kappa shape index (κ2) is 4.11. The zero-order chi connectivity index (χ0) is 11.7. The third-order valence-electron chi connectivity index (χ3n) is 2.25. The molecule has 2 heterocycles. The quantitative estimate of drug-likeness (QED) is 0.846. The molecule has 0 radical (unpaired) electrons. The Balaban J connectivity index is 2.61. The van der Waals surface area contributed by atoms with E-state index < -0.39 is 5.97 Å². The van der Waals surface area contributed by atoms with E-state index in [2.05, 4.69) is 4.98 Å². The molecular weight excluding hydrogens is 232 g/mol. The highest BCUT2D eigenvalue weighted by Crippen LogP contribution is 2.19. The van der Waals surface area contributed by atoms with Gasteiger partial charge in [0.2, 0.25) is 0 Å². The molecule has 0 unspecified atom stereocenters. The lowest BCUT2D eigenvalue weighted by Gasteiger charge is -2.00. The van der Waals surface area contributed by atoms with E-state index in [-0.39, 0.29) is 17.3 Å². The Morgan fingerprint density at radius 1 is 1.56 bits per heavy atom. The van der Waals surface area contributed by atoms with Gasteiger partial charge >= 0.3 is 5.97 Å². The molecule has 0 aliphatic carbocycles. The largest absolute Gasteiger partial charge is 0.478 e. The fourth-order valence-corrected chi connectivity index (χ4v) is 1.76. The molecule has 0 fully saturated rings. The van der Waals surface area contributed by atoms with Gasteiger partial charge in [0, 0.05) is 12.6 Å². The molecule has 0 aliphatic rings. The Morgan fingerprint density at radius 2 is 2.31 bits per heavy atom. The summed E-state index contributed by atoms with van der Waals surface area (Å²) >= 11 is 5.88. The fourth-order valence-electron chi connectivity index (χ4n) is 1.52. The van der Waals surface area contributed by atoms with Crippen LogP contribution in [-0.4, -0.2) is 32.2 Å². The lowest BCUT2D eigenvalue weighted by atomic mass is 10.2. The summed E-state index contributed by atoms with van der Waals surface area (Å²) in [6.45, 7) is -0.0316. The molecule has 0 aromatic carbocycles. The van der Waals surface area contributed by atoms with Gasteiger partial charge in [-0.05, 0) is 12.1 Å². The topological polar surface area (TPSA) is 74.8 Å². The Hall–Kier alpha value is -1.59. The van der Waals surface area contributed by atoms with Crippen LogP contribution in [-0.2, 0) is 6.42 Å². The first kappa shape index (κ1) is 10.9. The van der Waals surface area contributed by atoms with Crippen LogP contribution in [0.1, 0.15) is 16.2 Å². The summed E-state index contributed by atoms with van der Waals surface area (Å²) in [5.74, 6) is -0.400. The van der Waals surface area contributed by atoms with Crippen molar-refractivity contribution in [3.05, 3.63) is 34.9 Å². The Bertz CT molecular complexity index is 550. The second-order valence-electron chi connectivity index (χ2n) is 3.27. The summed E-state index contributed by atoms with van der Waals surface area (Å²) in [5, 5.41) is 17.9. The number of hydrogen-bond acceptors (Lipinski definition) is 3. The molecule has 84 valence electrons. The summed E-state index contributed by atoms with van der Waals surface area (Å²) < 4.78 is 1.67. The molecule has 6 heteroatoms. The molecule has 0 atom stereocenters. The summed E-state index contributed by atoms with van der Waals surface area (Å²) in [7, 11) is 0. The number of carboxylic acids is 1. The van der Waals surface area contributed by atoms with E-state index in [0.29, 0.717) is 17.8 Å². The Morgan fingerprint density at radius 3 is 2.94 bits per heavy atom. The van der Waals surface area contributed by atoms with E-state index in [9.17, 15) is 4.79 Å². The van der Waals surface area contributed by atoms with E-state index in [1.165, 1.54) is 12.1 Å². The van der Waals surface area contributed by atoms with Crippen LogP contribution in [0.4, 0.5) is 0 Å². The number of halogens is 1. The zero-order valence-electron chi connectivity index (χ0n) is 8.22. The molecular formula is C10H9ClN2O3. The highest BCUT2D eigenvalue weighted by atomic mass is 35.5. The highest BCUT2D eigenvalue weighted by Gasteiger charge is 2.11. The zero-order valence-corrected chi connectivity index (χ0v) is 8.98. The van der Waals surface area contributed by atoms with E-state index in [1.54, 1.807) is 10.6 Å². The van der Waals surface area contributed by atoms with E-state index >= 15 is 0 Å². The van der Waals surface area contributed by atoms with Crippen LogP contribution in [0.25, 0.3) is 5.52 Å². The number of rotatable bonds is 3. The third-order valence-corrected chi connectivity index (χ3v) is 2.53. The first-order valence-corrected chi connectivity index (χ1v) is 5.02. The normalized spacial score (nSPS) is 10.9. The number of hydrogen-bond donors (Lipinski definition) is 2. The van der Waals surface area contributed by atoms with Crippen LogP contribution >= 0.6 is 11.6 Å². The van der Waals surface area contributed by atoms with Crippen LogP contribution < -0.4 is 0 Å². The predicted octanol–water partition coefficient (Wildman–Crippen LogP) is 1.22. The Labute approximate surface area is 95.9 Å². The number of fused-ring (bicyclic) bond motifs is 1. The molecule has 2 rings (SSSR count). The number of pyridine rings is 1. The molecule has 0 bridgehead atoms. The predicted molar refractivity (Wildman–Crippen MR) is 58.0 cm³/mol. The van der Waals surface area contributed by atoms with Crippen molar-refractivity contribution < 1.29 is 15.0 Å². The van der Waals surface area contributed by atoms with Crippen LogP contribution in [0.3, 0.4) is 0 Å². The van der Waals surface area contributed by atoms with Gasteiger partial charge in [-0.3, -0.25) is 0 Å². The van der Waals surface area contributed by atoms with E-state index in [1.807, 2.05) is 0 Å². The number of aromatic carboxylic acids is 1. The average molecular weight is 241 g/mol. The number of nitrogens with zero attached hydrogens (tertiary/aromatic N) is 2. The van der Waals surface area contributed by atoms with Crippen molar-refractivity contribution in [1.29, 1.82) is 0 Å². The van der Waals surface area contributed by atoms with Gasteiger partial charge in [0.25, 0.3) is 0 Å². The van der Waals surface area contributed by atoms with Crippen molar-refractivity contribution >= 4 is 23.1 Å². The molecule has 2 N–H and O–H groups in total. The molecule has 0 saturated heterocycles. The summed E-state index contributed by atoms with van der Waals surface area (Å²) in [6, 6.07) is 2.92. The molecule has 16 heavy (non-hydrogen) atoms. The van der Waals surface area contributed by atoms with Crippen LogP contribution in [0, 0.1) is 0 Å². The van der Waals surface area contributed by atoms with Gasteiger partial charge in [0.15, 0.2) is 5.15 Å². The maximum absolute atomic E-state index is 10.8. The van der Waals surface area contributed by atoms with Crippen molar-refractivity contribution in [3.63, 3.8) is 0 Å². The smallest absolute Gasteiger partial charge is 0.335 e. The van der Waals surface area contributed by atoms with Crippen molar-refractivity contribution in [2.24, 2.45) is 0 Å². The molecule has 0 aliphatic heterocycles. The SMILES string of the molecule is O=C(O)c1ccn2c(CCO)nc(Cl)c2c1. The minimum absolute atomic E-state index is 0.0316. The van der Waals surface area contributed by atoms with Gasteiger partial charge in [-0.1, -0.05) is 11.6 Å².